The molecule has 1 aliphatic heterocycles. The molecule has 4 nitrogen and oxygen atoms in total. The number of aliphatic hydroxyl groups excluding tert-OH is 1. The second-order valence-electron chi connectivity index (χ2n) is 5.90. The normalized spacial score (nSPS) is 25.1. The Bertz CT molecular complexity index is 463. The molecule has 1 heterocycles. The SMILES string of the molecule is CN(Cc1cccc2c1OCCO2)CC1CCCC1O. The molecule has 2 aliphatic rings. The van der Waals surface area contributed by atoms with Gasteiger partial charge in [0.2, 0.25) is 0 Å². The molecule has 1 saturated carbocycles. The molecule has 4 heteroatoms. The van der Waals surface area contributed by atoms with Crippen LogP contribution in [0.2, 0.25) is 0 Å². The van der Waals surface area contributed by atoms with E-state index < -0.39 is 0 Å². The van der Waals surface area contributed by atoms with Crippen LogP contribution in [0.5, 0.6) is 11.5 Å². The Kier molecular flexibility index (Phi) is 4.13. The summed E-state index contributed by atoms with van der Waals surface area (Å²) in [6.45, 7) is 3.01. The molecule has 0 bridgehead atoms. The van der Waals surface area contributed by atoms with Gasteiger partial charge in [0.25, 0.3) is 0 Å². The van der Waals surface area contributed by atoms with Crippen LogP contribution >= 0.6 is 0 Å². The third-order valence-electron chi connectivity index (χ3n) is 4.25. The van der Waals surface area contributed by atoms with Crippen molar-refractivity contribution in [1.82, 2.24) is 4.90 Å². The van der Waals surface area contributed by atoms with E-state index in [4.69, 9.17) is 9.47 Å². The summed E-state index contributed by atoms with van der Waals surface area (Å²) >= 11 is 0. The Hall–Kier alpha value is -1.26. The van der Waals surface area contributed by atoms with Crippen molar-refractivity contribution in [2.24, 2.45) is 5.92 Å². The van der Waals surface area contributed by atoms with E-state index in [2.05, 4.69) is 18.0 Å². The zero-order valence-corrected chi connectivity index (χ0v) is 12.0. The van der Waals surface area contributed by atoms with E-state index in [9.17, 15) is 5.11 Å². The number of nitrogens with zero attached hydrogens (tertiary/aromatic N) is 1. The maximum absolute atomic E-state index is 9.92. The van der Waals surface area contributed by atoms with E-state index in [0.717, 1.165) is 49.4 Å². The van der Waals surface area contributed by atoms with Crippen molar-refractivity contribution in [2.75, 3.05) is 26.8 Å². The third-order valence-corrected chi connectivity index (χ3v) is 4.25. The van der Waals surface area contributed by atoms with Gasteiger partial charge in [0.15, 0.2) is 11.5 Å². The maximum Gasteiger partial charge on any atom is 0.165 e. The van der Waals surface area contributed by atoms with Gasteiger partial charge >= 0.3 is 0 Å². The minimum Gasteiger partial charge on any atom is -0.486 e. The van der Waals surface area contributed by atoms with Crippen molar-refractivity contribution < 1.29 is 14.6 Å². The fourth-order valence-corrected chi connectivity index (χ4v) is 3.24. The van der Waals surface area contributed by atoms with Gasteiger partial charge in [-0.05, 0) is 31.9 Å². The maximum atomic E-state index is 9.92. The predicted molar refractivity (Wildman–Crippen MR) is 77.1 cm³/mol. The van der Waals surface area contributed by atoms with Gasteiger partial charge in [0.1, 0.15) is 13.2 Å². The molecule has 0 radical (unpaired) electrons. The Labute approximate surface area is 120 Å². The van der Waals surface area contributed by atoms with Gasteiger partial charge in [-0.3, -0.25) is 0 Å². The second-order valence-corrected chi connectivity index (χ2v) is 5.90. The molecule has 1 aromatic carbocycles. The van der Waals surface area contributed by atoms with E-state index in [1.807, 2.05) is 12.1 Å². The lowest BCUT2D eigenvalue weighted by Crippen LogP contribution is -2.30. The summed E-state index contributed by atoms with van der Waals surface area (Å²) in [5.41, 5.74) is 1.16. The van der Waals surface area contributed by atoms with E-state index in [0.29, 0.717) is 19.1 Å². The van der Waals surface area contributed by atoms with E-state index in [1.54, 1.807) is 0 Å². The number of hydrogen-bond donors (Lipinski definition) is 1. The molecule has 0 amide bonds. The van der Waals surface area contributed by atoms with Crippen molar-refractivity contribution in [3.05, 3.63) is 23.8 Å². The molecule has 0 aromatic heterocycles. The van der Waals surface area contributed by atoms with Crippen LogP contribution in [0.4, 0.5) is 0 Å². The van der Waals surface area contributed by atoms with Gasteiger partial charge in [0, 0.05) is 18.7 Å². The average Bonchev–Trinajstić information content (AvgIpc) is 2.85. The Balaban J connectivity index is 1.65. The van der Waals surface area contributed by atoms with Gasteiger partial charge in [-0.25, -0.2) is 0 Å². The first-order valence-electron chi connectivity index (χ1n) is 7.48. The number of para-hydroxylation sites is 1. The van der Waals surface area contributed by atoms with Crippen LogP contribution in [0.15, 0.2) is 18.2 Å². The highest BCUT2D eigenvalue weighted by Gasteiger charge is 2.26. The summed E-state index contributed by atoms with van der Waals surface area (Å²) in [7, 11) is 2.11. The van der Waals surface area contributed by atoms with Gasteiger partial charge in [-0.2, -0.15) is 0 Å². The monoisotopic (exact) mass is 277 g/mol. The Morgan fingerprint density at radius 2 is 2.10 bits per heavy atom. The first-order chi connectivity index (χ1) is 9.74. The first-order valence-corrected chi connectivity index (χ1v) is 7.48. The molecule has 1 aromatic rings. The van der Waals surface area contributed by atoms with Gasteiger partial charge in [-0.15, -0.1) is 0 Å². The predicted octanol–water partition coefficient (Wildman–Crippen LogP) is 2.05. The molecular formula is C16H23NO3. The van der Waals surface area contributed by atoms with Crippen LogP contribution in [0, 0.1) is 5.92 Å². The standard InChI is InChI=1S/C16H23NO3/c1-17(10-12-4-2-6-14(12)18)11-13-5-3-7-15-16(13)20-9-8-19-15/h3,5,7,12,14,18H,2,4,6,8-11H2,1H3. The number of hydrogen-bond acceptors (Lipinski definition) is 4. The van der Waals surface area contributed by atoms with Crippen molar-refractivity contribution in [3.8, 4) is 11.5 Å². The van der Waals surface area contributed by atoms with E-state index in [1.165, 1.54) is 0 Å². The van der Waals surface area contributed by atoms with Crippen LogP contribution < -0.4 is 9.47 Å². The van der Waals surface area contributed by atoms with Gasteiger partial charge < -0.3 is 19.5 Å². The number of ether oxygens (including phenoxy) is 2. The molecule has 1 N–H and O–H groups in total. The average molecular weight is 277 g/mol. The Morgan fingerprint density at radius 1 is 1.25 bits per heavy atom. The molecule has 3 rings (SSSR count). The summed E-state index contributed by atoms with van der Waals surface area (Å²) in [6, 6.07) is 6.06. The number of benzene rings is 1. The van der Waals surface area contributed by atoms with Crippen molar-refractivity contribution in [1.29, 1.82) is 0 Å². The fraction of sp³-hybridized carbons (Fsp3) is 0.625. The lowest BCUT2D eigenvalue weighted by molar-refractivity contribution is 0.107. The molecule has 1 aliphatic carbocycles. The number of rotatable bonds is 4. The smallest absolute Gasteiger partial charge is 0.165 e. The lowest BCUT2D eigenvalue weighted by atomic mass is 10.1. The molecule has 2 atom stereocenters. The second kappa shape index (κ2) is 6.02. The van der Waals surface area contributed by atoms with Crippen LogP contribution in [-0.2, 0) is 6.54 Å². The summed E-state index contributed by atoms with van der Waals surface area (Å²) in [4.78, 5) is 2.27. The van der Waals surface area contributed by atoms with Crippen LogP contribution in [-0.4, -0.2) is 42.9 Å². The van der Waals surface area contributed by atoms with Crippen molar-refractivity contribution >= 4 is 0 Å². The van der Waals surface area contributed by atoms with Gasteiger partial charge in [-0.1, -0.05) is 18.6 Å². The van der Waals surface area contributed by atoms with Gasteiger partial charge in [0.05, 0.1) is 6.10 Å². The largest absolute Gasteiger partial charge is 0.486 e. The summed E-state index contributed by atoms with van der Waals surface area (Å²) in [5.74, 6) is 2.15. The molecule has 110 valence electrons. The topological polar surface area (TPSA) is 41.9 Å². The highest BCUT2D eigenvalue weighted by molar-refractivity contribution is 5.47. The fourth-order valence-electron chi connectivity index (χ4n) is 3.24. The Morgan fingerprint density at radius 3 is 2.90 bits per heavy atom. The molecule has 0 spiro atoms. The highest BCUT2D eigenvalue weighted by atomic mass is 16.6. The molecular weight excluding hydrogens is 254 g/mol. The summed E-state index contributed by atoms with van der Waals surface area (Å²) in [6.07, 6.45) is 3.12. The first kappa shape index (κ1) is 13.7. The van der Waals surface area contributed by atoms with E-state index in [-0.39, 0.29) is 6.10 Å². The molecule has 0 saturated heterocycles. The van der Waals surface area contributed by atoms with Crippen molar-refractivity contribution in [2.45, 2.75) is 31.9 Å². The highest BCUT2D eigenvalue weighted by Crippen LogP contribution is 2.34. The zero-order chi connectivity index (χ0) is 13.9. The minimum atomic E-state index is -0.123. The third kappa shape index (κ3) is 2.91. The number of fused-ring (bicyclic) bond motifs is 1. The summed E-state index contributed by atoms with van der Waals surface area (Å²) in [5, 5.41) is 9.92. The molecule has 1 fully saturated rings. The quantitative estimate of drug-likeness (QED) is 0.914. The zero-order valence-electron chi connectivity index (χ0n) is 12.0. The molecule has 20 heavy (non-hydrogen) atoms. The molecule has 2 unspecified atom stereocenters. The minimum absolute atomic E-state index is 0.123. The lowest BCUT2D eigenvalue weighted by Gasteiger charge is -2.26. The number of aliphatic hydroxyl groups is 1. The van der Waals surface area contributed by atoms with E-state index >= 15 is 0 Å². The summed E-state index contributed by atoms with van der Waals surface area (Å²) < 4.78 is 11.4. The van der Waals surface area contributed by atoms with Crippen LogP contribution in [0.3, 0.4) is 0 Å². The van der Waals surface area contributed by atoms with Crippen LogP contribution in [0.25, 0.3) is 0 Å². The van der Waals surface area contributed by atoms with Crippen LogP contribution in [0.1, 0.15) is 24.8 Å². The van der Waals surface area contributed by atoms with Crippen molar-refractivity contribution in [3.63, 3.8) is 0 Å².